The van der Waals surface area contributed by atoms with Gasteiger partial charge in [-0.2, -0.15) is 0 Å². The van der Waals surface area contributed by atoms with Gasteiger partial charge in [0, 0.05) is 0 Å². The van der Waals surface area contributed by atoms with Gasteiger partial charge in [-0.15, -0.1) is 0 Å². The number of hydrogen-bond acceptors (Lipinski definition) is 8. The van der Waals surface area contributed by atoms with Crippen molar-refractivity contribution >= 4 is 23.5 Å². The maximum Gasteiger partial charge on any atom is 0.313 e. The summed E-state index contributed by atoms with van der Waals surface area (Å²) >= 11 is -0.519. The summed E-state index contributed by atoms with van der Waals surface area (Å²) < 4.78 is 19.0. The predicted octanol–water partition coefficient (Wildman–Crippen LogP) is 2.81. The zero-order chi connectivity index (χ0) is 21.5. The van der Waals surface area contributed by atoms with Gasteiger partial charge in [-0.3, -0.25) is 19.2 Å². The standard InChI is InChI=1S/2C5H8O3.2C4H9O.Ti/c2*1-4(6)3-5(7)8-2;2*1-2-3-4-5;/h2*3H2,1-2H3;2*2-4H2,1H3;/q;;2*-1;+2. The van der Waals surface area contributed by atoms with Crippen molar-refractivity contribution < 1.29 is 55.2 Å². The van der Waals surface area contributed by atoms with Crippen LogP contribution in [0, 0.1) is 0 Å². The number of ketones is 2. The van der Waals surface area contributed by atoms with Gasteiger partial charge in [0.1, 0.15) is 24.4 Å². The number of Topliss-reactive ketones (excluding diaryl/α,β-unsaturated/α-hetero) is 2. The third-order valence-corrected chi connectivity index (χ3v) is 3.57. The largest absolute Gasteiger partial charge is 0.469 e. The number of rotatable bonds is 12. The van der Waals surface area contributed by atoms with E-state index in [1.807, 2.05) is 0 Å². The molecule has 0 rings (SSSR count). The summed E-state index contributed by atoms with van der Waals surface area (Å²) in [5, 5.41) is 0. The normalized spacial score (nSPS) is 8.96. The Labute approximate surface area is 172 Å². The summed E-state index contributed by atoms with van der Waals surface area (Å²) in [6.45, 7) is 8.81. The first-order chi connectivity index (χ1) is 12.7. The van der Waals surface area contributed by atoms with Crippen LogP contribution in [0.15, 0.2) is 0 Å². The molecule has 0 heterocycles. The molecule has 0 radical (unpaired) electrons. The Hall–Kier alpha value is -1.09. The molecule has 9 heteroatoms. The average Bonchev–Trinajstić information content (AvgIpc) is 2.61. The van der Waals surface area contributed by atoms with Gasteiger partial charge in [0.15, 0.2) is 0 Å². The molecule has 0 aliphatic carbocycles. The SMILES string of the molecule is CCCC[O][Ti][O]CCCC.COC(=O)CC(C)=O.COC(=O)CC(C)=O. The number of methoxy groups -OCH3 is 2. The zero-order valence-corrected chi connectivity index (χ0v) is 19.0. The molecule has 0 aromatic heterocycles. The second-order valence-electron chi connectivity index (χ2n) is 5.40. The van der Waals surface area contributed by atoms with Crippen LogP contribution in [0.1, 0.15) is 66.2 Å². The van der Waals surface area contributed by atoms with Crippen LogP contribution in [0.3, 0.4) is 0 Å². The molecule has 27 heavy (non-hydrogen) atoms. The van der Waals surface area contributed by atoms with Crippen molar-refractivity contribution in [2.24, 2.45) is 0 Å². The Morgan fingerprint density at radius 1 is 0.704 bits per heavy atom. The van der Waals surface area contributed by atoms with Gasteiger partial charge in [-0.1, -0.05) is 0 Å². The van der Waals surface area contributed by atoms with E-state index < -0.39 is 31.9 Å². The molecule has 0 bridgehead atoms. The Bertz CT molecular complexity index is 363. The first kappa shape index (κ1) is 30.6. The second-order valence-corrected chi connectivity index (χ2v) is 6.56. The van der Waals surface area contributed by atoms with Crippen LogP contribution in [0.2, 0.25) is 0 Å². The minimum absolute atomic E-state index is 0.115. The molecular weight excluding hydrogens is 392 g/mol. The van der Waals surface area contributed by atoms with Gasteiger partial charge in [0.25, 0.3) is 0 Å². The smallest absolute Gasteiger partial charge is 0.313 e. The van der Waals surface area contributed by atoms with Crippen molar-refractivity contribution in [1.82, 2.24) is 0 Å². The van der Waals surface area contributed by atoms with Crippen molar-refractivity contribution in [2.75, 3.05) is 27.4 Å². The zero-order valence-electron chi connectivity index (χ0n) is 17.4. The Balaban J connectivity index is -0.000000327. The van der Waals surface area contributed by atoms with Crippen molar-refractivity contribution in [1.29, 1.82) is 0 Å². The van der Waals surface area contributed by atoms with E-state index in [4.69, 9.17) is 6.64 Å². The summed E-state index contributed by atoms with van der Waals surface area (Å²) in [7, 11) is 2.51. The Morgan fingerprint density at radius 3 is 1.22 bits per heavy atom. The van der Waals surface area contributed by atoms with Crippen LogP contribution >= 0.6 is 0 Å². The van der Waals surface area contributed by atoms with E-state index in [9.17, 15) is 19.2 Å². The van der Waals surface area contributed by atoms with E-state index in [-0.39, 0.29) is 24.4 Å². The van der Waals surface area contributed by atoms with Gasteiger partial charge >= 0.3 is 91.2 Å². The molecule has 0 aliphatic heterocycles. The maximum atomic E-state index is 10.2. The quantitative estimate of drug-likeness (QED) is 0.203. The molecule has 0 unspecified atom stereocenters. The molecule has 0 amide bonds. The van der Waals surface area contributed by atoms with Crippen LogP contribution < -0.4 is 0 Å². The van der Waals surface area contributed by atoms with Crippen molar-refractivity contribution in [2.45, 2.75) is 66.2 Å². The molecule has 0 N–H and O–H groups in total. The molecule has 0 saturated carbocycles. The van der Waals surface area contributed by atoms with E-state index in [0.717, 1.165) is 13.2 Å². The number of carbonyl (C=O) groups excluding carboxylic acids is 4. The number of carbonyl (C=O) groups is 4. The van der Waals surface area contributed by atoms with E-state index in [1.54, 1.807) is 0 Å². The first-order valence-electron chi connectivity index (χ1n) is 8.86. The molecule has 0 spiro atoms. The monoisotopic (exact) mass is 426 g/mol. The number of ether oxygens (including phenoxy) is 2. The average molecular weight is 426 g/mol. The topological polar surface area (TPSA) is 105 Å². The molecular formula is C18H34O8Ti. The third kappa shape index (κ3) is 36.6. The Kier molecular flexibility index (Phi) is 28.3. The van der Waals surface area contributed by atoms with Crippen LogP contribution in [0.5, 0.6) is 0 Å². The van der Waals surface area contributed by atoms with E-state index in [1.165, 1.54) is 53.8 Å². The molecule has 0 aromatic carbocycles. The summed E-state index contributed by atoms with van der Waals surface area (Å²) in [4.78, 5) is 40.6. The molecule has 8 nitrogen and oxygen atoms in total. The maximum absolute atomic E-state index is 10.2. The van der Waals surface area contributed by atoms with Crippen LogP contribution in [0.4, 0.5) is 0 Å². The van der Waals surface area contributed by atoms with E-state index in [0.29, 0.717) is 0 Å². The third-order valence-electron chi connectivity index (χ3n) is 2.56. The Morgan fingerprint density at radius 2 is 1.04 bits per heavy atom. The number of unbranched alkanes of at least 4 members (excludes halogenated alkanes) is 2. The van der Waals surface area contributed by atoms with Crippen molar-refractivity contribution in [3.8, 4) is 0 Å². The molecule has 0 aliphatic rings. The number of hydrogen-bond donors (Lipinski definition) is 0. The molecule has 0 saturated heterocycles. The fourth-order valence-corrected chi connectivity index (χ4v) is 1.95. The van der Waals surface area contributed by atoms with Crippen LogP contribution in [-0.2, 0) is 55.2 Å². The molecule has 158 valence electrons. The molecule has 0 fully saturated rings. The minimum Gasteiger partial charge on any atom is -0.469 e. The van der Waals surface area contributed by atoms with Gasteiger partial charge in [-0.25, -0.2) is 0 Å². The number of esters is 2. The van der Waals surface area contributed by atoms with Crippen molar-refractivity contribution in [3.05, 3.63) is 0 Å². The van der Waals surface area contributed by atoms with Crippen LogP contribution in [0.25, 0.3) is 0 Å². The van der Waals surface area contributed by atoms with E-state index in [2.05, 4.69) is 23.3 Å². The second kappa shape index (κ2) is 24.9. The van der Waals surface area contributed by atoms with Gasteiger partial charge in [0.05, 0.1) is 14.2 Å². The van der Waals surface area contributed by atoms with Gasteiger partial charge in [0.2, 0.25) is 0 Å². The summed E-state index contributed by atoms with van der Waals surface area (Å²) in [5.74, 6) is -1.29. The van der Waals surface area contributed by atoms with E-state index >= 15 is 0 Å². The van der Waals surface area contributed by atoms with Crippen molar-refractivity contribution in [3.63, 3.8) is 0 Å². The fourth-order valence-electron chi connectivity index (χ4n) is 1.11. The fraction of sp³-hybridized carbons (Fsp3) is 0.778. The minimum atomic E-state index is -0.519. The molecule has 0 atom stereocenters. The summed E-state index contributed by atoms with van der Waals surface area (Å²) in [5.41, 5.74) is 0. The van der Waals surface area contributed by atoms with Gasteiger partial charge < -0.3 is 9.47 Å². The summed E-state index contributed by atoms with van der Waals surface area (Å²) in [6, 6.07) is 0. The predicted molar refractivity (Wildman–Crippen MR) is 96.3 cm³/mol. The van der Waals surface area contributed by atoms with Gasteiger partial charge in [-0.05, 0) is 13.8 Å². The first-order valence-corrected chi connectivity index (χ1v) is 10.1. The molecule has 0 aromatic rings. The summed E-state index contributed by atoms with van der Waals surface area (Å²) in [6.07, 6.45) is 4.52. The van der Waals surface area contributed by atoms with Crippen LogP contribution in [-0.4, -0.2) is 50.9 Å².